The van der Waals surface area contributed by atoms with Gasteiger partial charge in [-0.05, 0) is 51.8 Å². The number of likely N-dealkylation sites (tertiary alicyclic amines) is 1. The molecule has 6 nitrogen and oxygen atoms in total. The Kier molecular flexibility index (Phi) is 4.91. The summed E-state index contributed by atoms with van der Waals surface area (Å²) in [7, 11) is 0. The first-order chi connectivity index (χ1) is 11.2. The van der Waals surface area contributed by atoms with Gasteiger partial charge in [0.2, 0.25) is 0 Å². The summed E-state index contributed by atoms with van der Waals surface area (Å²) in [5, 5.41) is 11.9. The van der Waals surface area contributed by atoms with E-state index in [2.05, 4.69) is 32.4 Å². The molecule has 2 aromatic rings. The zero-order valence-electron chi connectivity index (χ0n) is 14.3. The Morgan fingerprint density at radius 3 is 2.96 bits per heavy atom. The number of nitrogens with one attached hydrogen (secondary N) is 1. The molecule has 0 spiro atoms. The molecular weight excluding hydrogens is 288 g/mol. The molecule has 6 heteroatoms. The van der Waals surface area contributed by atoms with Crippen molar-refractivity contribution in [1.82, 2.24) is 24.9 Å². The van der Waals surface area contributed by atoms with Crippen molar-refractivity contribution in [2.24, 2.45) is 5.92 Å². The number of pyridine rings is 1. The van der Waals surface area contributed by atoms with Crippen LogP contribution in [0.2, 0.25) is 0 Å². The number of aromatic nitrogens is 4. The lowest BCUT2D eigenvalue weighted by atomic mass is 10.1. The first kappa shape index (κ1) is 15.9. The SMILES string of the molecule is CCn1nnc(C)c1CN1CCC(CNc2cccc(C)n2)C1. The summed E-state index contributed by atoms with van der Waals surface area (Å²) >= 11 is 0. The fourth-order valence-electron chi connectivity index (χ4n) is 3.19. The third-order valence-electron chi connectivity index (χ3n) is 4.53. The zero-order valence-corrected chi connectivity index (χ0v) is 14.3. The average molecular weight is 314 g/mol. The molecule has 1 aliphatic rings. The molecule has 3 rings (SSSR count). The van der Waals surface area contributed by atoms with Crippen molar-refractivity contribution in [3.8, 4) is 0 Å². The van der Waals surface area contributed by atoms with Gasteiger partial charge in [0.1, 0.15) is 5.82 Å². The topological polar surface area (TPSA) is 58.9 Å². The average Bonchev–Trinajstić information content (AvgIpc) is 3.13. The first-order valence-corrected chi connectivity index (χ1v) is 8.44. The second-order valence-electron chi connectivity index (χ2n) is 6.37. The predicted octanol–water partition coefficient (Wildman–Crippen LogP) is 2.24. The minimum atomic E-state index is 0.670. The molecule has 124 valence electrons. The van der Waals surface area contributed by atoms with Crippen molar-refractivity contribution in [3.05, 3.63) is 35.3 Å². The van der Waals surface area contributed by atoms with Gasteiger partial charge in [-0.2, -0.15) is 0 Å². The second-order valence-corrected chi connectivity index (χ2v) is 6.37. The Balaban J connectivity index is 1.51. The van der Waals surface area contributed by atoms with Gasteiger partial charge in [-0.3, -0.25) is 4.90 Å². The molecule has 1 atom stereocenters. The summed E-state index contributed by atoms with van der Waals surface area (Å²) in [6.45, 7) is 11.3. The van der Waals surface area contributed by atoms with Crippen LogP contribution in [0.4, 0.5) is 5.82 Å². The van der Waals surface area contributed by atoms with Gasteiger partial charge < -0.3 is 5.32 Å². The van der Waals surface area contributed by atoms with Crippen molar-refractivity contribution >= 4 is 5.82 Å². The van der Waals surface area contributed by atoms with E-state index in [4.69, 9.17) is 0 Å². The summed E-state index contributed by atoms with van der Waals surface area (Å²) in [5.74, 6) is 1.65. The molecule has 1 unspecified atom stereocenters. The number of aryl methyl sites for hydroxylation is 3. The quantitative estimate of drug-likeness (QED) is 0.886. The highest BCUT2D eigenvalue weighted by molar-refractivity contribution is 5.35. The summed E-state index contributed by atoms with van der Waals surface area (Å²) in [6, 6.07) is 6.11. The maximum atomic E-state index is 4.50. The summed E-state index contributed by atoms with van der Waals surface area (Å²) in [5.41, 5.74) is 3.36. The molecule has 0 radical (unpaired) electrons. The van der Waals surface area contributed by atoms with Crippen molar-refractivity contribution in [2.45, 2.75) is 40.3 Å². The van der Waals surface area contributed by atoms with Gasteiger partial charge in [0.15, 0.2) is 0 Å². The zero-order chi connectivity index (χ0) is 16.2. The van der Waals surface area contributed by atoms with Gasteiger partial charge >= 0.3 is 0 Å². The van der Waals surface area contributed by atoms with E-state index < -0.39 is 0 Å². The van der Waals surface area contributed by atoms with Crippen LogP contribution in [0.25, 0.3) is 0 Å². The monoisotopic (exact) mass is 314 g/mol. The Hall–Kier alpha value is -1.95. The van der Waals surface area contributed by atoms with Crippen molar-refractivity contribution in [3.63, 3.8) is 0 Å². The molecule has 0 aromatic carbocycles. The molecule has 1 aliphatic heterocycles. The standard InChI is InChI=1S/C17H26N6/c1-4-23-16(14(3)20-21-23)12-22-9-8-15(11-22)10-18-17-7-5-6-13(2)19-17/h5-7,15H,4,8-12H2,1-3H3,(H,18,19). The Labute approximate surface area is 137 Å². The van der Waals surface area contributed by atoms with Crippen molar-refractivity contribution in [1.29, 1.82) is 0 Å². The van der Waals surface area contributed by atoms with Gasteiger partial charge in [0.05, 0.1) is 11.4 Å². The van der Waals surface area contributed by atoms with Crippen molar-refractivity contribution in [2.75, 3.05) is 25.0 Å². The van der Waals surface area contributed by atoms with E-state index in [1.54, 1.807) is 0 Å². The van der Waals surface area contributed by atoms with Gasteiger partial charge in [-0.1, -0.05) is 11.3 Å². The molecule has 0 saturated carbocycles. The molecule has 1 saturated heterocycles. The number of nitrogens with zero attached hydrogens (tertiary/aromatic N) is 5. The third-order valence-corrected chi connectivity index (χ3v) is 4.53. The van der Waals surface area contributed by atoms with E-state index in [0.717, 1.165) is 49.9 Å². The van der Waals surface area contributed by atoms with Crippen LogP contribution in [0.1, 0.15) is 30.4 Å². The van der Waals surface area contributed by atoms with E-state index in [1.807, 2.05) is 36.7 Å². The van der Waals surface area contributed by atoms with Gasteiger partial charge in [-0.25, -0.2) is 9.67 Å². The highest BCUT2D eigenvalue weighted by Gasteiger charge is 2.24. The highest BCUT2D eigenvalue weighted by atomic mass is 15.4. The maximum Gasteiger partial charge on any atom is 0.126 e. The van der Waals surface area contributed by atoms with Crippen LogP contribution >= 0.6 is 0 Å². The first-order valence-electron chi connectivity index (χ1n) is 8.44. The van der Waals surface area contributed by atoms with Crippen LogP contribution in [-0.2, 0) is 13.1 Å². The minimum absolute atomic E-state index is 0.670. The predicted molar refractivity (Wildman–Crippen MR) is 91.3 cm³/mol. The van der Waals surface area contributed by atoms with Crippen LogP contribution in [0.15, 0.2) is 18.2 Å². The number of anilines is 1. The van der Waals surface area contributed by atoms with Crippen molar-refractivity contribution < 1.29 is 0 Å². The van der Waals surface area contributed by atoms with Gasteiger partial charge in [0.25, 0.3) is 0 Å². The molecule has 0 aliphatic carbocycles. The molecule has 0 amide bonds. The van der Waals surface area contributed by atoms with E-state index in [1.165, 1.54) is 12.1 Å². The number of hydrogen-bond donors (Lipinski definition) is 1. The van der Waals surface area contributed by atoms with Crippen LogP contribution in [0, 0.1) is 19.8 Å². The fraction of sp³-hybridized carbons (Fsp3) is 0.588. The summed E-state index contributed by atoms with van der Waals surface area (Å²) in [6.07, 6.45) is 1.23. The molecular formula is C17H26N6. The highest BCUT2D eigenvalue weighted by Crippen LogP contribution is 2.20. The normalized spacial score (nSPS) is 18.5. The Bertz CT molecular complexity index is 650. The van der Waals surface area contributed by atoms with E-state index >= 15 is 0 Å². The molecule has 0 bridgehead atoms. The Morgan fingerprint density at radius 2 is 2.17 bits per heavy atom. The lowest BCUT2D eigenvalue weighted by molar-refractivity contribution is 0.307. The molecule has 1 fully saturated rings. The van der Waals surface area contributed by atoms with Gasteiger partial charge in [-0.15, -0.1) is 5.10 Å². The molecule has 3 heterocycles. The van der Waals surface area contributed by atoms with E-state index in [0.29, 0.717) is 5.92 Å². The van der Waals surface area contributed by atoms with Crippen LogP contribution in [0.3, 0.4) is 0 Å². The van der Waals surface area contributed by atoms with Crippen LogP contribution in [0.5, 0.6) is 0 Å². The van der Waals surface area contributed by atoms with Gasteiger partial charge in [0, 0.05) is 31.9 Å². The number of hydrogen-bond acceptors (Lipinski definition) is 5. The summed E-state index contributed by atoms with van der Waals surface area (Å²) in [4.78, 5) is 7.01. The van der Waals surface area contributed by atoms with E-state index in [-0.39, 0.29) is 0 Å². The maximum absolute atomic E-state index is 4.50. The van der Waals surface area contributed by atoms with E-state index in [9.17, 15) is 0 Å². The lowest BCUT2D eigenvalue weighted by Crippen LogP contribution is -2.24. The fourth-order valence-corrected chi connectivity index (χ4v) is 3.19. The molecule has 23 heavy (non-hydrogen) atoms. The minimum Gasteiger partial charge on any atom is -0.370 e. The third kappa shape index (κ3) is 3.88. The second kappa shape index (κ2) is 7.08. The Morgan fingerprint density at radius 1 is 1.30 bits per heavy atom. The number of rotatable bonds is 6. The van der Waals surface area contributed by atoms with Crippen LogP contribution in [-0.4, -0.2) is 44.5 Å². The lowest BCUT2D eigenvalue weighted by Gasteiger charge is -2.17. The molecule has 1 N–H and O–H groups in total. The smallest absolute Gasteiger partial charge is 0.126 e. The van der Waals surface area contributed by atoms with Crippen LogP contribution < -0.4 is 5.32 Å². The largest absolute Gasteiger partial charge is 0.370 e. The summed E-state index contributed by atoms with van der Waals surface area (Å²) < 4.78 is 2.01. The molecule has 2 aromatic heterocycles.